The lowest BCUT2D eigenvalue weighted by molar-refractivity contribution is -0.256. The van der Waals surface area contributed by atoms with E-state index in [9.17, 15) is 15.0 Å². The molecule has 1 rings (SSSR count). The van der Waals surface area contributed by atoms with Gasteiger partial charge in [0.05, 0.1) is 12.7 Å². The van der Waals surface area contributed by atoms with Gasteiger partial charge >= 0.3 is 0 Å². The SMILES string of the molecule is CC(=O)CCCCOC1CC(O)C(O)C(CO)O1. The van der Waals surface area contributed by atoms with E-state index < -0.39 is 24.6 Å². The summed E-state index contributed by atoms with van der Waals surface area (Å²) in [7, 11) is 0. The first kappa shape index (κ1) is 15.5. The van der Waals surface area contributed by atoms with Gasteiger partial charge in [0.25, 0.3) is 0 Å². The van der Waals surface area contributed by atoms with Crippen molar-refractivity contribution in [3.8, 4) is 0 Å². The van der Waals surface area contributed by atoms with Crippen LogP contribution in [0.5, 0.6) is 0 Å². The van der Waals surface area contributed by atoms with Crippen molar-refractivity contribution < 1.29 is 29.6 Å². The Hall–Kier alpha value is -0.530. The maximum Gasteiger partial charge on any atom is 0.160 e. The van der Waals surface area contributed by atoms with E-state index in [2.05, 4.69) is 0 Å². The summed E-state index contributed by atoms with van der Waals surface area (Å²) in [6, 6.07) is 0. The Balaban J connectivity index is 2.20. The maximum absolute atomic E-state index is 10.7. The number of ether oxygens (including phenoxy) is 2. The highest BCUT2D eigenvalue weighted by Crippen LogP contribution is 2.21. The highest BCUT2D eigenvalue weighted by atomic mass is 16.7. The van der Waals surface area contributed by atoms with Crippen LogP contribution in [-0.4, -0.2) is 58.9 Å². The first-order valence-corrected chi connectivity index (χ1v) is 6.28. The fraction of sp³-hybridized carbons (Fsp3) is 0.917. The van der Waals surface area contributed by atoms with Gasteiger partial charge in [0.15, 0.2) is 6.29 Å². The van der Waals surface area contributed by atoms with Crippen LogP contribution in [0.4, 0.5) is 0 Å². The van der Waals surface area contributed by atoms with Gasteiger partial charge in [-0.15, -0.1) is 0 Å². The van der Waals surface area contributed by atoms with Crippen LogP contribution in [0.25, 0.3) is 0 Å². The molecule has 1 aliphatic heterocycles. The van der Waals surface area contributed by atoms with E-state index >= 15 is 0 Å². The number of unbranched alkanes of at least 4 members (excludes halogenated alkanes) is 1. The van der Waals surface area contributed by atoms with Crippen LogP contribution in [0, 0.1) is 0 Å². The Bertz CT molecular complexity index is 257. The molecule has 1 fully saturated rings. The molecule has 1 heterocycles. The number of carbonyl (C=O) groups excluding carboxylic acids is 1. The lowest BCUT2D eigenvalue weighted by Gasteiger charge is -2.36. The summed E-state index contributed by atoms with van der Waals surface area (Å²) in [5.41, 5.74) is 0. The lowest BCUT2D eigenvalue weighted by Crippen LogP contribution is -2.50. The topological polar surface area (TPSA) is 96.2 Å². The fourth-order valence-corrected chi connectivity index (χ4v) is 1.86. The summed E-state index contributed by atoms with van der Waals surface area (Å²) >= 11 is 0. The van der Waals surface area contributed by atoms with Gasteiger partial charge in [0.2, 0.25) is 0 Å². The van der Waals surface area contributed by atoms with Gasteiger partial charge in [-0.2, -0.15) is 0 Å². The fourth-order valence-electron chi connectivity index (χ4n) is 1.86. The molecular weight excluding hydrogens is 240 g/mol. The van der Waals surface area contributed by atoms with Crippen molar-refractivity contribution >= 4 is 5.78 Å². The normalized spacial score (nSPS) is 32.4. The van der Waals surface area contributed by atoms with E-state index in [4.69, 9.17) is 14.6 Å². The van der Waals surface area contributed by atoms with Crippen molar-refractivity contribution in [3.05, 3.63) is 0 Å². The predicted octanol–water partition coefficient (Wildman–Crippen LogP) is -0.409. The quantitative estimate of drug-likeness (QED) is 0.540. The molecule has 0 aliphatic carbocycles. The van der Waals surface area contributed by atoms with Crippen LogP contribution in [0.1, 0.15) is 32.6 Å². The lowest BCUT2D eigenvalue weighted by atomic mass is 10.0. The largest absolute Gasteiger partial charge is 0.394 e. The third-order valence-electron chi connectivity index (χ3n) is 2.94. The first-order chi connectivity index (χ1) is 8.54. The molecule has 6 heteroatoms. The standard InChI is InChI=1S/C12H22O6/c1-8(14)4-2-3-5-17-11-6-9(15)12(16)10(7-13)18-11/h9-13,15-16H,2-7H2,1H3. The molecule has 0 aromatic heterocycles. The van der Waals surface area contributed by atoms with Gasteiger partial charge in [-0.25, -0.2) is 0 Å². The van der Waals surface area contributed by atoms with Crippen molar-refractivity contribution in [1.82, 2.24) is 0 Å². The van der Waals surface area contributed by atoms with Crippen LogP contribution in [0.2, 0.25) is 0 Å². The van der Waals surface area contributed by atoms with Crippen LogP contribution in [0.3, 0.4) is 0 Å². The molecule has 4 atom stereocenters. The van der Waals surface area contributed by atoms with Gasteiger partial charge in [-0.1, -0.05) is 0 Å². The van der Waals surface area contributed by atoms with E-state index in [1.165, 1.54) is 0 Å². The van der Waals surface area contributed by atoms with Crippen LogP contribution in [0.15, 0.2) is 0 Å². The Morgan fingerprint density at radius 2 is 2.11 bits per heavy atom. The molecular formula is C12H22O6. The number of ketones is 1. The van der Waals surface area contributed by atoms with Gasteiger partial charge in [0, 0.05) is 19.4 Å². The number of aliphatic hydroxyl groups excluding tert-OH is 3. The Morgan fingerprint density at radius 3 is 2.72 bits per heavy atom. The van der Waals surface area contributed by atoms with Crippen molar-refractivity contribution in [2.75, 3.05) is 13.2 Å². The number of Topliss-reactive ketones (excluding diaryl/α,β-unsaturated/α-hetero) is 1. The first-order valence-electron chi connectivity index (χ1n) is 6.28. The van der Waals surface area contributed by atoms with Crippen LogP contribution >= 0.6 is 0 Å². The van der Waals surface area contributed by atoms with Gasteiger partial charge in [0.1, 0.15) is 18.0 Å². The second kappa shape index (κ2) is 7.81. The average molecular weight is 262 g/mol. The third kappa shape index (κ3) is 4.99. The number of rotatable bonds is 7. The molecule has 1 saturated heterocycles. The summed E-state index contributed by atoms with van der Waals surface area (Å²) in [5, 5.41) is 28.0. The van der Waals surface area contributed by atoms with Crippen molar-refractivity contribution in [2.24, 2.45) is 0 Å². The molecule has 0 aromatic carbocycles. The van der Waals surface area contributed by atoms with Crippen LogP contribution in [-0.2, 0) is 14.3 Å². The van der Waals surface area contributed by atoms with E-state index in [0.717, 1.165) is 12.8 Å². The molecule has 18 heavy (non-hydrogen) atoms. The Labute approximate surface area is 107 Å². The van der Waals surface area contributed by atoms with Gasteiger partial charge in [-0.05, 0) is 19.8 Å². The molecule has 0 amide bonds. The van der Waals surface area contributed by atoms with E-state index in [0.29, 0.717) is 13.0 Å². The van der Waals surface area contributed by atoms with Gasteiger partial charge < -0.3 is 29.6 Å². The zero-order valence-corrected chi connectivity index (χ0v) is 10.6. The van der Waals surface area contributed by atoms with E-state index in [1.807, 2.05) is 0 Å². The zero-order valence-electron chi connectivity index (χ0n) is 10.6. The second-order valence-corrected chi connectivity index (χ2v) is 4.61. The predicted molar refractivity (Wildman–Crippen MR) is 62.9 cm³/mol. The summed E-state index contributed by atoms with van der Waals surface area (Å²) in [4.78, 5) is 10.7. The second-order valence-electron chi connectivity index (χ2n) is 4.61. The minimum Gasteiger partial charge on any atom is -0.394 e. The molecule has 0 aromatic rings. The van der Waals surface area contributed by atoms with Crippen molar-refractivity contribution in [3.63, 3.8) is 0 Å². The zero-order chi connectivity index (χ0) is 13.5. The molecule has 0 spiro atoms. The molecule has 3 N–H and O–H groups in total. The van der Waals surface area contributed by atoms with E-state index in [-0.39, 0.29) is 18.8 Å². The minimum atomic E-state index is -1.08. The number of aliphatic hydroxyl groups is 3. The van der Waals surface area contributed by atoms with Crippen molar-refractivity contribution in [1.29, 1.82) is 0 Å². The molecule has 106 valence electrons. The van der Waals surface area contributed by atoms with Crippen LogP contribution < -0.4 is 0 Å². The molecule has 0 saturated carbocycles. The smallest absolute Gasteiger partial charge is 0.160 e. The number of carbonyl (C=O) groups is 1. The Kier molecular flexibility index (Phi) is 6.73. The molecule has 6 nitrogen and oxygen atoms in total. The monoisotopic (exact) mass is 262 g/mol. The average Bonchev–Trinajstić information content (AvgIpc) is 2.32. The molecule has 0 bridgehead atoms. The summed E-state index contributed by atoms with van der Waals surface area (Å²) in [6.07, 6.45) is -1.22. The van der Waals surface area contributed by atoms with Crippen molar-refractivity contribution in [2.45, 2.75) is 57.2 Å². The molecule has 0 radical (unpaired) electrons. The molecule has 4 unspecified atom stereocenters. The Morgan fingerprint density at radius 1 is 1.39 bits per heavy atom. The molecule has 1 aliphatic rings. The highest BCUT2D eigenvalue weighted by molar-refractivity contribution is 5.75. The summed E-state index contributed by atoms with van der Waals surface area (Å²) in [5.74, 6) is 0.155. The van der Waals surface area contributed by atoms with E-state index in [1.54, 1.807) is 6.92 Å². The maximum atomic E-state index is 10.7. The number of hydrogen-bond donors (Lipinski definition) is 3. The minimum absolute atomic E-state index is 0.155. The summed E-state index contributed by atoms with van der Waals surface area (Å²) in [6.45, 7) is 1.62. The summed E-state index contributed by atoms with van der Waals surface area (Å²) < 4.78 is 10.7. The third-order valence-corrected chi connectivity index (χ3v) is 2.94. The highest BCUT2D eigenvalue weighted by Gasteiger charge is 2.36. The van der Waals surface area contributed by atoms with Gasteiger partial charge in [-0.3, -0.25) is 0 Å². The number of hydrogen-bond acceptors (Lipinski definition) is 6.